The molecule has 1 aromatic carbocycles. The molecule has 1 aromatic rings. The average molecular weight is 366 g/mol. The van der Waals surface area contributed by atoms with E-state index in [0.717, 1.165) is 5.56 Å². The van der Waals surface area contributed by atoms with E-state index < -0.39 is 21.9 Å². The summed E-state index contributed by atoms with van der Waals surface area (Å²) >= 11 is 0. The minimum absolute atomic E-state index is 0.263. The standard InChI is InChI=1S/C17H22N2O5S/c1-13(17(21)22)18-16(20)15-10-7-9-14(12-15)8-5-4-6-11-19(2)25(3,23)24/h5,7-10,12H,4,6,11H2,1-3H3,(H,21,22)/b8-5-,18-13+. The molecule has 0 atom stereocenters. The van der Waals surface area contributed by atoms with Crippen LogP contribution in [0.3, 0.4) is 0 Å². The Balaban J connectivity index is 2.65. The molecule has 0 saturated carbocycles. The van der Waals surface area contributed by atoms with Gasteiger partial charge in [-0.2, -0.15) is 0 Å². The second-order valence-corrected chi connectivity index (χ2v) is 7.65. The number of aliphatic imine (C=N–C) groups is 1. The van der Waals surface area contributed by atoms with Crippen LogP contribution in [-0.2, 0) is 14.8 Å². The first kappa shape index (κ1) is 20.7. The second-order valence-electron chi connectivity index (χ2n) is 5.56. The van der Waals surface area contributed by atoms with Gasteiger partial charge in [-0.3, -0.25) is 4.79 Å². The van der Waals surface area contributed by atoms with Crippen LogP contribution in [-0.4, -0.2) is 55.3 Å². The largest absolute Gasteiger partial charge is 0.477 e. The summed E-state index contributed by atoms with van der Waals surface area (Å²) in [5, 5.41) is 8.75. The van der Waals surface area contributed by atoms with E-state index in [9.17, 15) is 18.0 Å². The molecule has 0 aliphatic heterocycles. The molecule has 0 radical (unpaired) electrons. The topological polar surface area (TPSA) is 104 Å². The number of nitrogens with zero attached hydrogens (tertiary/aromatic N) is 2. The molecular weight excluding hydrogens is 344 g/mol. The molecule has 0 saturated heterocycles. The SMILES string of the molecule is C/C(=N\C(=O)c1cccc(/C=C\CCCN(C)S(C)(=O)=O)c1)C(=O)O. The first-order chi connectivity index (χ1) is 11.6. The maximum Gasteiger partial charge on any atom is 0.350 e. The van der Waals surface area contributed by atoms with Crippen LogP contribution in [0.4, 0.5) is 0 Å². The number of benzene rings is 1. The summed E-state index contributed by atoms with van der Waals surface area (Å²) in [6.07, 6.45) is 6.26. The van der Waals surface area contributed by atoms with Crippen molar-refractivity contribution in [1.29, 1.82) is 0 Å². The van der Waals surface area contributed by atoms with Crippen LogP contribution in [0.2, 0.25) is 0 Å². The van der Waals surface area contributed by atoms with E-state index in [-0.39, 0.29) is 5.71 Å². The highest BCUT2D eigenvalue weighted by Gasteiger charge is 2.09. The Morgan fingerprint density at radius 2 is 2.00 bits per heavy atom. The Morgan fingerprint density at radius 3 is 2.60 bits per heavy atom. The van der Waals surface area contributed by atoms with Crippen LogP contribution in [0.25, 0.3) is 6.08 Å². The number of carboxylic acid groups (broad SMARTS) is 1. The lowest BCUT2D eigenvalue weighted by molar-refractivity contribution is -0.129. The Hall–Kier alpha value is -2.32. The molecule has 0 spiro atoms. The number of sulfonamides is 1. The fourth-order valence-corrected chi connectivity index (χ4v) is 2.32. The van der Waals surface area contributed by atoms with Crippen molar-refractivity contribution in [3.8, 4) is 0 Å². The van der Waals surface area contributed by atoms with Gasteiger partial charge in [-0.1, -0.05) is 24.3 Å². The molecule has 0 bridgehead atoms. The fourth-order valence-electron chi connectivity index (χ4n) is 1.86. The zero-order chi connectivity index (χ0) is 19.0. The zero-order valence-corrected chi connectivity index (χ0v) is 15.3. The third-order valence-electron chi connectivity index (χ3n) is 3.43. The number of aliphatic carboxylic acids is 1. The quantitative estimate of drug-likeness (QED) is 0.560. The van der Waals surface area contributed by atoms with Gasteiger partial charge in [0.05, 0.1) is 6.26 Å². The zero-order valence-electron chi connectivity index (χ0n) is 14.5. The van der Waals surface area contributed by atoms with Crippen LogP contribution in [0.1, 0.15) is 35.7 Å². The van der Waals surface area contributed by atoms with Crippen LogP contribution in [0.5, 0.6) is 0 Å². The van der Waals surface area contributed by atoms with Crippen molar-refractivity contribution in [3.05, 3.63) is 41.5 Å². The molecule has 1 rings (SSSR count). The third-order valence-corrected chi connectivity index (χ3v) is 4.75. The van der Waals surface area contributed by atoms with Gasteiger partial charge in [-0.05, 0) is 37.5 Å². The first-order valence-corrected chi connectivity index (χ1v) is 9.47. The third kappa shape index (κ3) is 7.40. The van der Waals surface area contributed by atoms with Gasteiger partial charge in [0.1, 0.15) is 5.71 Å². The van der Waals surface area contributed by atoms with E-state index in [1.54, 1.807) is 18.2 Å². The molecule has 136 valence electrons. The average Bonchev–Trinajstić information content (AvgIpc) is 2.53. The summed E-state index contributed by atoms with van der Waals surface area (Å²) in [4.78, 5) is 26.2. The van der Waals surface area contributed by atoms with Crippen molar-refractivity contribution in [2.75, 3.05) is 19.8 Å². The number of rotatable bonds is 8. The van der Waals surface area contributed by atoms with Crippen molar-refractivity contribution >= 4 is 33.7 Å². The minimum atomic E-state index is -3.16. The van der Waals surface area contributed by atoms with Crippen molar-refractivity contribution in [3.63, 3.8) is 0 Å². The smallest absolute Gasteiger partial charge is 0.350 e. The number of unbranched alkanes of at least 4 members (excludes halogenated alkanes) is 1. The molecule has 0 aliphatic rings. The van der Waals surface area contributed by atoms with Gasteiger partial charge in [0.25, 0.3) is 5.91 Å². The molecule has 1 N–H and O–H groups in total. The molecule has 7 nitrogen and oxygen atoms in total. The Kier molecular flexibility index (Phi) is 7.66. The lowest BCUT2D eigenvalue weighted by atomic mass is 10.1. The Morgan fingerprint density at radius 1 is 1.32 bits per heavy atom. The molecule has 0 fully saturated rings. The van der Waals surface area contributed by atoms with Gasteiger partial charge in [0.2, 0.25) is 10.0 Å². The Bertz CT molecular complexity index is 797. The highest BCUT2D eigenvalue weighted by molar-refractivity contribution is 7.88. The molecule has 1 amide bonds. The molecule has 0 aliphatic carbocycles. The maximum absolute atomic E-state index is 11.9. The lowest BCUT2D eigenvalue weighted by Gasteiger charge is -2.12. The van der Waals surface area contributed by atoms with Crippen LogP contribution in [0, 0.1) is 0 Å². The minimum Gasteiger partial charge on any atom is -0.477 e. The normalized spacial score (nSPS) is 12.7. The van der Waals surface area contributed by atoms with Crippen LogP contribution in [0.15, 0.2) is 35.3 Å². The number of hydrogen-bond donors (Lipinski definition) is 1. The molecule has 0 aromatic heterocycles. The number of allylic oxidation sites excluding steroid dienone is 1. The number of carboxylic acids is 1. The van der Waals surface area contributed by atoms with Crippen LogP contribution >= 0.6 is 0 Å². The summed E-state index contributed by atoms with van der Waals surface area (Å²) in [5.74, 6) is -1.84. The van der Waals surface area contributed by atoms with Crippen molar-refractivity contribution < 1.29 is 23.1 Å². The number of carbonyl (C=O) groups is 2. The molecule has 8 heteroatoms. The van der Waals surface area contributed by atoms with Crippen molar-refractivity contribution in [2.45, 2.75) is 19.8 Å². The number of hydrogen-bond acceptors (Lipinski definition) is 4. The molecular formula is C17H22N2O5S. The second kappa shape index (κ2) is 9.24. The predicted octanol–water partition coefficient (Wildman–Crippen LogP) is 2.06. The van der Waals surface area contributed by atoms with Gasteiger partial charge in [-0.25, -0.2) is 22.5 Å². The van der Waals surface area contributed by atoms with E-state index in [4.69, 9.17) is 5.11 Å². The summed E-state index contributed by atoms with van der Waals surface area (Å²) < 4.78 is 23.8. The van der Waals surface area contributed by atoms with Gasteiger partial charge < -0.3 is 5.11 Å². The summed E-state index contributed by atoms with van der Waals surface area (Å²) in [5.41, 5.74) is 0.825. The first-order valence-electron chi connectivity index (χ1n) is 7.62. The van der Waals surface area contributed by atoms with Crippen molar-refractivity contribution in [1.82, 2.24) is 4.31 Å². The van der Waals surface area contributed by atoms with E-state index >= 15 is 0 Å². The summed E-state index contributed by atoms with van der Waals surface area (Å²) in [6, 6.07) is 6.69. The number of amides is 1. The van der Waals surface area contributed by atoms with Gasteiger partial charge in [0, 0.05) is 19.2 Å². The Labute approximate surface area is 147 Å². The van der Waals surface area contributed by atoms with Gasteiger partial charge in [-0.15, -0.1) is 0 Å². The number of carbonyl (C=O) groups excluding carboxylic acids is 1. The highest BCUT2D eigenvalue weighted by atomic mass is 32.2. The lowest BCUT2D eigenvalue weighted by Crippen LogP contribution is -2.26. The van der Waals surface area contributed by atoms with E-state index in [1.165, 1.54) is 24.5 Å². The van der Waals surface area contributed by atoms with Crippen LogP contribution < -0.4 is 0 Å². The summed E-state index contributed by atoms with van der Waals surface area (Å²) in [7, 11) is -1.62. The maximum atomic E-state index is 11.9. The summed E-state index contributed by atoms with van der Waals surface area (Å²) in [6.45, 7) is 1.70. The molecule has 25 heavy (non-hydrogen) atoms. The van der Waals surface area contributed by atoms with Crippen molar-refractivity contribution in [2.24, 2.45) is 4.99 Å². The highest BCUT2D eigenvalue weighted by Crippen LogP contribution is 2.10. The van der Waals surface area contributed by atoms with E-state index in [0.29, 0.717) is 24.9 Å². The van der Waals surface area contributed by atoms with E-state index in [1.807, 2.05) is 18.2 Å². The monoisotopic (exact) mass is 366 g/mol. The predicted molar refractivity (Wildman–Crippen MR) is 97.3 cm³/mol. The van der Waals surface area contributed by atoms with E-state index in [2.05, 4.69) is 4.99 Å². The van der Waals surface area contributed by atoms with Gasteiger partial charge >= 0.3 is 5.97 Å². The molecule has 0 unspecified atom stereocenters. The van der Waals surface area contributed by atoms with Gasteiger partial charge in [0.15, 0.2) is 0 Å². The molecule has 0 heterocycles. The fraction of sp³-hybridized carbons (Fsp3) is 0.353.